The molecule has 0 aromatic heterocycles. The summed E-state index contributed by atoms with van der Waals surface area (Å²) in [6, 6.07) is 5.88. The minimum atomic E-state index is 0. The smallest absolute Gasteiger partial charge is 0.224 e. The molecule has 0 bridgehead atoms. The summed E-state index contributed by atoms with van der Waals surface area (Å²) in [6.07, 6.45) is 5.83. The van der Waals surface area contributed by atoms with Gasteiger partial charge >= 0.3 is 0 Å². The third kappa shape index (κ3) is 5.19. The van der Waals surface area contributed by atoms with Gasteiger partial charge in [0.05, 0.1) is 0 Å². The van der Waals surface area contributed by atoms with E-state index >= 15 is 0 Å². The highest BCUT2D eigenvalue weighted by atomic mass is 35.5. The van der Waals surface area contributed by atoms with Gasteiger partial charge in [-0.15, -0.1) is 12.4 Å². The Hall–Kier alpha value is -1.59. The van der Waals surface area contributed by atoms with Gasteiger partial charge in [-0.1, -0.05) is 0 Å². The number of aryl methyl sites for hydroxylation is 1. The Morgan fingerprint density at radius 3 is 2.76 bits per heavy atom. The van der Waals surface area contributed by atoms with E-state index in [1.807, 2.05) is 23.1 Å². The first-order chi connectivity index (χ1) is 11.6. The van der Waals surface area contributed by atoms with Crippen molar-refractivity contribution in [2.75, 3.05) is 29.9 Å². The predicted octanol–water partition coefficient (Wildman–Crippen LogP) is 3.13. The Kier molecular flexibility index (Phi) is 7.26. The molecule has 1 fully saturated rings. The monoisotopic (exact) mass is 365 g/mol. The average molecular weight is 366 g/mol. The summed E-state index contributed by atoms with van der Waals surface area (Å²) in [7, 11) is 0. The molecule has 1 aromatic rings. The molecule has 0 atom stereocenters. The van der Waals surface area contributed by atoms with E-state index in [0.717, 1.165) is 55.8 Å². The molecule has 2 aliphatic heterocycles. The van der Waals surface area contributed by atoms with Crippen LogP contribution in [0.15, 0.2) is 18.2 Å². The maximum atomic E-state index is 12.2. The van der Waals surface area contributed by atoms with Gasteiger partial charge in [-0.05, 0) is 74.9 Å². The van der Waals surface area contributed by atoms with Gasteiger partial charge in [-0.3, -0.25) is 9.59 Å². The van der Waals surface area contributed by atoms with Gasteiger partial charge in [0.2, 0.25) is 11.8 Å². The Morgan fingerprint density at radius 1 is 1.28 bits per heavy atom. The summed E-state index contributed by atoms with van der Waals surface area (Å²) < 4.78 is 0. The van der Waals surface area contributed by atoms with Crippen LogP contribution in [0.4, 0.5) is 11.4 Å². The van der Waals surface area contributed by atoms with Crippen LogP contribution in [0.1, 0.15) is 44.6 Å². The number of nitrogens with one attached hydrogen (secondary N) is 2. The van der Waals surface area contributed by atoms with Gasteiger partial charge in [0, 0.05) is 31.3 Å². The second-order valence-corrected chi connectivity index (χ2v) is 6.90. The minimum absolute atomic E-state index is 0. The normalized spacial score (nSPS) is 17.4. The third-order valence-electron chi connectivity index (χ3n) is 5.10. The molecule has 0 unspecified atom stereocenters. The van der Waals surface area contributed by atoms with Crippen LogP contribution in [0, 0.1) is 5.92 Å². The van der Waals surface area contributed by atoms with Crippen molar-refractivity contribution in [2.24, 2.45) is 5.92 Å². The first-order valence-electron chi connectivity index (χ1n) is 9.05. The van der Waals surface area contributed by atoms with E-state index in [9.17, 15) is 9.59 Å². The fourth-order valence-electron chi connectivity index (χ4n) is 3.73. The highest BCUT2D eigenvalue weighted by molar-refractivity contribution is 5.94. The number of nitrogens with zero attached hydrogens (tertiary/aromatic N) is 1. The van der Waals surface area contributed by atoms with Crippen LogP contribution in [0.3, 0.4) is 0 Å². The number of hydrogen-bond acceptors (Lipinski definition) is 3. The summed E-state index contributed by atoms with van der Waals surface area (Å²) in [5.41, 5.74) is 2.98. The fraction of sp³-hybridized carbons (Fsp3) is 0.579. The van der Waals surface area contributed by atoms with E-state index < -0.39 is 0 Å². The van der Waals surface area contributed by atoms with Gasteiger partial charge in [0.1, 0.15) is 0 Å². The van der Waals surface area contributed by atoms with Crippen molar-refractivity contribution in [1.29, 1.82) is 0 Å². The highest BCUT2D eigenvalue weighted by Crippen LogP contribution is 2.30. The van der Waals surface area contributed by atoms with Crippen LogP contribution >= 0.6 is 12.4 Å². The lowest BCUT2D eigenvalue weighted by atomic mass is 9.93. The van der Waals surface area contributed by atoms with E-state index in [4.69, 9.17) is 0 Å². The van der Waals surface area contributed by atoms with Gasteiger partial charge in [-0.25, -0.2) is 0 Å². The van der Waals surface area contributed by atoms with Gasteiger partial charge in [0.15, 0.2) is 0 Å². The van der Waals surface area contributed by atoms with Crippen molar-refractivity contribution in [3.8, 4) is 0 Å². The van der Waals surface area contributed by atoms with Crippen molar-refractivity contribution in [1.82, 2.24) is 5.32 Å². The lowest BCUT2D eigenvalue weighted by Crippen LogP contribution is -2.33. The summed E-state index contributed by atoms with van der Waals surface area (Å²) in [5, 5.41) is 6.37. The predicted molar refractivity (Wildman–Crippen MR) is 103 cm³/mol. The molecule has 1 aromatic carbocycles. The molecule has 2 aliphatic rings. The molecule has 0 saturated carbocycles. The van der Waals surface area contributed by atoms with Crippen LogP contribution in [0.2, 0.25) is 0 Å². The zero-order chi connectivity index (χ0) is 16.9. The lowest BCUT2D eigenvalue weighted by molar-refractivity contribution is -0.117. The molecular weight excluding hydrogens is 338 g/mol. The first kappa shape index (κ1) is 19.7. The fourth-order valence-corrected chi connectivity index (χ4v) is 3.73. The number of anilines is 2. The van der Waals surface area contributed by atoms with E-state index in [1.54, 1.807) is 6.92 Å². The Labute approximate surface area is 155 Å². The molecule has 2 N–H and O–H groups in total. The molecule has 138 valence electrons. The molecule has 2 amide bonds. The van der Waals surface area contributed by atoms with E-state index in [2.05, 4.69) is 10.6 Å². The highest BCUT2D eigenvalue weighted by Gasteiger charge is 2.20. The number of hydrogen-bond donors (Lipinski definition) is 2. The second kappa shape index (κ2) is 9.20. The van der Waals surface area contributed by atoms with Crippen molar-refractivity contribution in [2.45, 2.75) is 45.4 Å². The zero-order valence-electron chi connectivity index (χ0n) is 14.8. The zero-order valence-corrected chi connectivity index (χ0v) is 15.7. The van der Waals surface area contributed by atoms with Crippen LogP contribution < -0.4 is 15.5 Å². The van der Waals surface area contributed by atoms with Crippen molar-refractivity contribution >= 4 is 35.6 Å². The summed E-state index contributed by atoms with van der Waals surface area (Å²) in [4.78, 5) is 25.7. The molecule has 5 nitrogen and oxygen atoms in total. The molecular formula is C19H28ClN3O2. The molecule has 3 rings (SSSR count). The van der Waals surface area contributed by atoms with Crippen molar-refractivity contribution in [3.63, 3.8) is 0 Å². The summed E-state index contributed by atoms with van der Waals surface area (Å²) in [5.74, 6) is 0.840. The number of carbonyl (C=O) groups excluding carboxylic acids is 2. The minimum Gasteiger partial charge on any atom is -0.326 e. The van der Waals surface area contributed by atoms with Gasteiger partial charge in [-0.2, -0.15) is 0 Å². The number of piperidine rings is 1. The Morgan fingerprint density at radius 2 is 2.04 bits per heavy atom. The van der Waals surface area contributed by atoms with Crippen LogP contribution in [-0.4, -0.2) is 31.4 Å². The van der Waals surface area contributed by atoms with Crippen molar-refractivity contribution in [3.05, 3.63) is 23.8 Å². The molecule has 0 spiro atoms. The van der Waals surface area contributed by atoms with Crippen molar-refractivity contribution < 1.29 is 9.59 Å². The Balaban J connectivity index is 0.00000225. The number of amides is 2. The summed E-state index contributed by atoms with van der Waals surface area (Å²) in [6.45, 7) is 4.53. The number of fused-ring (bicyclic) bond motifs is 1. The van der Waals surface area contributed by atoms with E-state index in [-0.39, 0.29) is 24.2 Å². The second-order valence-electron chi connectivity index (χ2n) is 6.90. The van der Waals surface area contributed by atoms with E-state index in [0.29, 0.717) is 12.3 Å². The first-order valence-corrected chi connectivity index (χ1v) is 9.05. The molecule has 1 saturated heterocycles. The van der Waals surface area contributed by atoms with Crippen LogP contribution in [0.5, 0.6) is 0 Å². The lowest BCUT2D eigenvalue weighted by Gasteiger charge is -2.29. The third-order valence-corrected chi connectivity index (χ3v) is 5.10. The largest absolute Gasteiger partial charge is 0.326 e. The maximum absolute atomic E-state index is 12.2. The quantitative estimate of drug-likeness (QED) is 0.861. The average Bonchev–Trinajstić information content (AvgIpc) is 2.60. The number of halogens is 1. The number of benzene rings is 1. The maximum Gasteiger partial charge on any atom is 0.224 e. The summed E-state index contributed by atoms with van der Waals surface area (Å²) >= 11 is 0. The topological polar surface area (TPSA) is 61.4 Å². The van der Waals surface area contributed by atoms with Crippen LogP contribution in [0.25, 0.3) is 0 Å². The van der Waals surface area contributed by atoms with Gasteiger partial charge < -0.3 is 15.5 Å². The van der Waals surface area contributed by atoms with Crippen LogP contribution in [-0.2, 0) is 16.0 Å². The molecule has 25 heavy (non-hydrogen) atoms. The number of carbonyl (C=O) groups is 2. The number of rotatable bonds is 4. The molecule has 2 heterocycles. The SMILES string of the molecule is CC(=O)N1CCCc2cc(NC(=O)CCC3CCNCC3)ccc21.Cl. The standard InChI is InChI=1S/C19H27N3O2.ClH/c1-14(23)22-12-2-3-16-13-17(5-6-18(16)22)21-19(24)7-4-15-8-10-20-11-9-15;/h5-6,13,15,20H,2-4,7-12H2,1H3,(H,21,24);1H. The van der Waals surface area contributed by atoms with E-state index in [1.165, 1.54) is 12.8 Å². The molecule has 0 radical (unpaired) electrons. The Bertz CT molecular complexity index is 615. The molecule has 0 aliphatic carbocycles. The van der Waals surface area contributed by atoms with Gasteiger partial charge in [0.25, 0.3) is 0 Å². The molecule has 6 heteroatoms.